The summed E-state index contributed by atoms with van der Waals surface area (Å²) >= 11 is 1.47. The van der Waals surface area contributed by atoms with Crippen LogP contribution in [0.5, 0.6) is 5.75 Å². The van der Waals surface area contributed by atoms with Gasteiger partial charge in [0.05, 0.1) is 12.0 Å². The first-order valence-corrected chi connectivity index (χ1v) is 8.35. The molecule has 0 saturated carbocycles. The number of ether oxygens (including phenoxy) is 1. The standard InChI is InChI=1S/C17H20N2O3S/c1-10-12-9-11(22-4)5-6-13(12)23-14(10)15(20)19-8-7-18-16(21)17(19,2)3/h5-6,9H,7-8H2,1-4H3,(H,18,21). The Balaban J connectivity index is 2.04. The molecule has 0 aliphatic carbocycles. The molecule has 0 spiro atoms. The first kappa shape index (κ1) is 15.8. The van der Waals surface area contributed by atoms with Gasteiger partial charge in [0.2, 0.25) is 5.91 Å². The van der Waals surface area contributed by atoms with Gasteiger partial charge in [0.25, 0.3) is 5.91 Å². The maximum atomic E-state index is 13.0. The molecule has 1 aromatic carbocycles. The minimum Gasteiger partial charge on any atom is -0.497 e. The lowest BCUT2D eigenvalue weighted by atomic mass is 9.98. The molecule has 23 heavy (non-hydrogen) atoms. The van der Waals surface area contributed by atoms with Gasteiger partial charge >= 0.3 is 0 Å². The number of carbonyl (C=O) groups is 2. The van der Waals surface area contributed by atoms with Crippen molar-refractivity contribution in [3.63, 3.8) is 0 Å². The number of nitrogens with one attached hydrogen (secondary N) is 1. The number of aryl methyl sites for hydroxylation is 1. The highest BCUT2D eigenvalue weighted by Gasteiger charge is 2.41. The van der Waals surface area contributed by atoms with Crippen LogP contribution < -0.4 is 10.1 Å². The molecule has 1 saturated heterocycles. The average molecular weight is 332 g/mol. The molecule has 0 radical (unpaired) electrons. The van der Waals surface area contributed by atoms with E-state index in [9.17, 15) is 9.59 Å². The van der Waals surface area contributed by atoms with Crippen LogP contribution >= 0.6 is 11.3 Å². The number of carbonyl (C=O) groups excluding carboxylic acids is 2. The van der Waals surface area contributed by atoms with Crippen LogP contribution in [0.2, 0.25) is 0 Å². The Labute approximate surface area is 139 Å². The highest BCUT2D eigenvalue weighted by molar-refractivity contribution is 7.21. The quantitative estimate of drug-likeness (QED) is 0.919. The van der Waals surface area contributed by atoms with Crippen molar-refractivity contribution in [2.24, 2.45) is 0 Å². The number of thiophene rings is 1. The summed E-state index contributed by atoms with van der Waals surface area (Å²) in [4.78, 5) is 27.5. The van der Waals surface area contributed by atoms with Gasteiger partial charge in [0.1, 0.15) is 11.3 Å². The SMILES string of the molecule is COc1ccc2sc(C(=O)N3CCNC(=O)C3(C)C)c(C)c2c1. The minimum atomic E-state index is -0.838. The first-order chi connectivity index (χ1) is 10.9. The van der Waals surface area contributed by atoms with Crippen molar-refractivity contribution in [1.82, 2.24) is 10.2 Å². The van der Waals surface area contributed by atoms with E-state index in [2.05, 4.69) is 5.32 Å². The first-order valence-electron chi connectivity index (χ1n) is 7.53. The Kier molecular flexibility index (Phi) is 3.80. The molecule has 122 valence electrons. The predicted molar refractivity (Wildman–Crippen MR) is 91.2 cm³/mol. The van der Waals surface area contributed by atoms with Crippen molar-refractivity contribution in [3.05, 3.63) is 28.6 Å². The molecule has 1 N–H and O–H groups in total. The summed E-state index contributed by atoms with van der Waals surface area (Å²) in [6.07, 6.45) is 0. The maximum Gasteiger partial charge on any atom is 0.265 e. The maximum absolute atomic E-state index is 13.0. The Bertz CT molecular complexity index is 794. The summed E-state index contributed by atoms with van der Waals surface area (Å²) in [6.45, 7) is 6.53. The monoisotopic (exact) mass is 332 g/mol. The van der Waals surface area contributed by atoms with E-state index in [1.54, 1.807) is 25.9 Å². The van der Waals surface area contributed by atoms with Crippen LogP contribution in [0.1, 0.15) is 29.1 Å². The normalized spacial score (nSPS) is 17.2. The molecule has 5 nitrogen and oxygen atoms in total. The molecule has 0 bridgehead atoms. The molecule has 1 aliphatic heterocycles. The summed E-state index contributed by atoms with van der Waals surface area (Å²) < 4.78 is 6.31. The fourth-order valence-corrected chi connectivity index (χ4v) is 4.05. The summed E-state index contributed by atoms with van der Waals surface area (Å²) in [5.41, 5.74) is 0.103. The largest absolute Gasteiger partial charge is 0.497 e. The van der Waals surface area contributed by atoms with E-state index in [0.29, 0.717) is 18.0 Å². The van der Waals surface area contributed by atoms with Crippen molar-refractivity contribution >= 4 is 33.2 Å². The highest BCUT2D eigenvalue weighted by atomic mass is 32.1. The number of benzene rings is 1. The van der Waals surface area contributed by atoms with Gasteiger partial charge in [-0.3, -0.25) is 9.59 Å². The van der Waals surface area contributed by atoms with Gasteiger partial charge < -0.3 is 15.0 Å². The molecule has 0 unspecified atom stereocenters. The van der Waals surface area contributed by atoms with Gasteiger partial charge in [-0.25, -0.2) is 0 Å². The van der Waals surface area contributed by atoms with Gasteiger partial charge in [0.15, 0.2) is 0 Å². The summed E-state index contributed by atoms with van der Waals surface area (Å²) in [5, 5.41) is 3.84. The highest BCUT2D eigenvalue weighted by Crippen LogP contribution is 2.35. The van der Waals surface area contributed by atoms with Crippen LogP contribution in [-0.4, -0.2) is 42.5 Å². The zero-order valence-corrected chi connectivity index (χ0v) is 14.5. The van der Waals surface area contributed by atoms with Crippen LogP contribution in [0, 0.1) is 6.92 Å². The smallest absolute Gasteiger partial charge is 0.265 e. The molecule has 1 fully saturated rings. The fourth-order valence-electron chi connectivity index (χ4n) is 2.91. The molecule has 0 atom stereocenters. The van der Waals surface area contributed by atoms with Gasteiger partial charge in [0, 0.05) is 17.8 Å². The number of hydrogen-bond donors (Lipinski definition) is 1. The second-order valence-electron chi connectivity index (χ2n) is 6.19. The second-order valence-corrected chi connectivity index (χ2v) is 7.24. The van der Waals surface area contributed by atoms with Crippen molar-refractivity contribution in [2.45, 2.75) is 26.3 Å². The molecule has 2 heterocycles. The Morgan fingerprint density at radius 1 is 1.39 bits per heavy atom. The number of rotatable bonds is 2. The Morgan fingerprint density at radius 3 is 2.83 bits per heavy atom. The number of hydrogen-bond acceptors (Lipinski definition) is 4. The summed E-state index contributed by atoms with van der Waals surface area (Å²) in [6, 6.07) is 5.81. The third-order valence-electron chi connectivity index (χ3n) is 4.43. The van der Waals surface area contributed by atoms with E-state index in [1.165, 1.54) is 11.3 Å². The van der Waals surface area contributed by atoms with Crippen LogP contribution in [0.25, 0.3) is 10.1 Å². The van der Waals surface area contributed by atoms with E-state index in [4.69, 9.17) is 4.74 Å². The Morgan fingerprint density at radius 2 is 2.13 bits per heavy atom. The molecule has 1 aromatic heterocycles. The van der Waals surface area contributed by atoms with Gasteiger partial charge in [-0.15, -0.1) is 11.3 Å². The average Bonchev–Trinajstić information content (AvgIpc) is 2.86. The van der Waals surface area contributed by atoms with Crippen molar-refractivity contribution in [3.8, 4) is 5.75 Å². The lowest BCUT2D eigenvalue weighted by Crippen LogP contribution is -2.63. The van der Waals surface area contributed by atoms with Crippen LogP contribution in [0.15, 0.2) is 18.2 Å². The van der Waals surface area contributed by atoms with E-state index in [0.717, 1.165) is 21.4 Å². The lowest BCUT2D eigenvalue weighted by Gasteiger charge is -2.41. The number of amides is 2. The van der Waals surface area contributed by atoms with E-state index < -0.39 is 5.54 Å². The topological polar surface area (TPSA) is 58.6 Å². The third kappa shape index (κ3) is 2.47. The fraction of sp³-hybridized carbons (Fsp3) is 0.412. The van der Waals surface area contributed by atoms with Crippen LogP contribution in [0.3, 0.4) is 0 Å². The van der Waals surface area contributed by atoms with Gasteiger partial charge in [-0.2, -0.15) is 0 Å². The van der Waals surface area contributed by atoms with Gasteiger partial charge in [-0.05, 0) is 49.9 Å². The van der Waals surface area contributed by atoms with Gasteiger partial charge in [-0.1, -0.05) is 0 Å². The molecule has 3 rings (SSSR count). The predicted octanol–water partition coefficient (Wildman–Crippen LogP) is 2.57. The number of piperazine rings is 1. The third-order valence-corrected chi connectivity index (χ3v) is 5.70. The summed E-state index contributed by atoms with van der Waals surface area (Å²) in [5.74, 6) is 0.579. The molecule has 2 aromatic rings. The van der Waals surface area contributed by atoms with Crippen LogP contribution in [-0.2, 0) is 4.79 Å². The van der Waals surface area contributed by atoms with E-state index >= 15 is 0 Å². The van der Waals surface area contributed by atoms with Crippen molar-refractivity contribution < 1.29 is 14.3 Å². The minimum absolute atomic E-state index is 0.0810. The number of nitrogens with zero attached hydrogens (tertiary/aromatic N) is 1. The van der Waals surface area contributed by atoms with Crippen molar-refractivity contribution in [1.29, 1.82) is 0 Å². The summed E-state index contributed by atoms with van der Waals surface area (Å²) in [7, 11) is 1.63. The number of methoxy groups -OCH3 is 1. The van der Waals surface area contributed by atoms with E-state index in [1.807, 2.05) is 25.1 Å². The molecule has 1 aliphatic rings. The number of fused-ring (bicyclic) bond motifs is 1. The lowest BCUT2D eigenvalue weighted by molar-refractivity contribution is -0.133. The van der Waals surface area contributed by atoms with Crippen LogP contribution in [0.4, 0.5) is 0 Å². The van der Waals surface area contributed by atoms with E-state index in [-0.39, 0.29) is 11.8 Å². The zero-order chi connectivity index (χ0) is 16.8. The zero-order valence-electron chi connectivity index (χ0n) is 13.7. The molecular formula is C17H20N2O3S. The Hall–Kier alpha value is -2.08. The van der Waals surface area contributed by atoms with Crippen molar-refractivity contribution in [2.75, 3.05) is 20.2 Å². The molecule has 2 amide bonds. The molecular weight excluding hydrogens is 312 g/mol. The molecule has 6 heteroatoms. The second kappa shape index (κ2) is 5.53.